The minimum Gasteiger partial charge on any atom is -0.484 e. The summed E-state index contributed by atoms with van der Waals surface area (Å²) in [6.45, 7) is 2.01. The van der Waals surface area contributed by atoms with Gasteiger partial charge >= 0.3 is 0 Å². The van der Waals surface area contributed by atoms with Crippen LogP contribution in [0.25, 0.3) is 11.5 Å². The summed E-state index contributed by atoms with van der Waals surface area (Å²) < 4.78 is 11.5. The summed E-state index contributed by atoms with van der Waals surface area (Å²) in [6, 6.07) is 22.8. The third kappa shape index (κ3) is 4.70. The Kier molecular flexibility index (Phi) is 6.47. The SMILES string of the molecule is CC#C[C@@]1(O)CC[C@@]2(Cc3ccccc3)c3ccc(OCc4nc(-c5ccccn5)no4)cc3CC[C@@H]2C1. The number of ether oxygens (including phenoxy) is 1. The van der Waals surface area contributed by atoms with Crippen LogP contribution in [0, 0.1) is 17.8 Å². The summed E-state index contributed by atoms with van der Waals surface area (Å²) in [5.74, 6) is 8.10. The molecule has 1 saturated carbocycles. The molecule has 0 saturated heterocycles. The van der Waals surface area contributed by atoms with Gasteiger partial charge in [-0.05, 0) is 92.3 Å². The van der Waals surface area contributed by atoms with Crippen molar-refractivity contribution in [3.63, 3.8) is 0 Å². The lowest BCUT2D eigenvalue weighted by Gasteiger charge is -2.52. The molecule has 2 aliphatic rings. The molecule has 0 amide bonds. The van der Waals surface area contributed by atoms with Crippen LogP contribution in [0.2, 0.25) is 0 Å². The van der Waals surface area contributed by atoms with Crippen molar-refractivity contribution in [3.05, 3.63) is 95.5 Å². The number of pyridine rings is 1. The average Bonchev–Trinajstić information content (AvgIpc) is 3.43. The highest BCUT2D eigenvalue weighted by Gasteiger charge is 2.51. The van der Waals surface area contributed by atoms with Crippen molar-refractivity contribution in [2.75, 3.05) is 0 Å². The lowest BCUT2D eigenvalue weighted by atomic mass is 9.52. The molecule has 192 valence electrons. The molecule has 2 aliphatic carbocycles. The van der Waals surface area contributed by atoms with Gasteiger partial charge in [0.2, 0.25) is 5.82 Å². The third-order valence-electron chi connectivity index (χ3n) is 8.17. The number of aromatic nitrogens is 3. The lowest BCUT2D eigenvalue weighted by Crippen LogP contribution is -2.50. The number of fused-ring (bicyclic) bond motifs is 3. The maximum atomic E-state index is 11.2. The molecule has 38 heavy (non-hydrogen) atoms. The van der Waals surface area contributed by atoms with E-state index in [1.165, 1.54) is 16.7 Å². The molecule has 0 unspecified atom stereocenters. The molecular formula is C32H31N3O3. The van der Waals surface area contributed by atoms with Crippen LogP contribution in [0.1, 0.15) is 55.2 Å². The van der Waals surface area contributed by atoms with E-state index in [1.54, 1.807) is 6.20 Å². The second kappa shape index (κ2) is 10.1. The lowest BCUT2D eigenvalue weighted by molar-refractivity contribution is -0.00805. The topological polar surface area (TPSA) is 81.3 Å². The molecule has 4 aromatic rings. The predicted octanol–water partition coefficient (Wildman–Crippen LogP) is 5.69. The first kappa shape index (κ1) is 24.4. The van der Waals surface area contributed by atoms with Crippen molar-refractivity contribution >= 4 is 0 Å². The molecule has 1 N–H and O–H groups in total. The van der Waals surface area contributed by atoms with Crippen molar-refractivity contribution in [2.24, 2.45) is 5.92 Å². The Morgan fingerprint density at radius 2 is 1.95 bits per heavy atom. The number of benzene rings is 2. The quantitative estimate of drug-likeness (QED) is 0.339. The van der Waals surface area contributed by atoms with Gasteiger partial charge in [-0.15, -0.1) is 5.92 Å². The van der Waals surface area contributed by atoms with Gasteiger partial charge in [0.05, 0.1) is 0 Å². The van der Waals surface area contributed by atoms with Crippen molar-refractivity contribution in [1.82, 2.24) is 15.1 Å². The minimum atomic E-state index is -0.891. The maximum Gasteiger partial charge on any atom is 0.264 e. The van der Waals surface area contributed by atoms with Gasteiger partial charge in [0, 0.05) is 11.6 Å². The van der Waals surface area contributed by atoms with Crippen LogP contribution < -0.4 is 4.74 Å². The first-order valence-corrected chi connectivity index (χ1v) is 13.3. The summed E-state index contributed by atoms with van der Waals surface area (Å²) in [5.41, 5.74) is 3.78. The molecule has 6 rings (SSSR count). The number of aryl methyl sites for hydroxylation is 1. The summed E-state index contributed by atoms with van der Waals surface area (Å²) in [6.07, 6.45) is 6.94. The molecule has 3 atom stereocenters. The molecule has 2 heterocycles. The van der Waals surface area contributed by atoms with Crippen LogP contribution in [0.4, 0.5) is 0 Å². The van der Waals surface area contributed by atoms with Crippen molar-refractivity contribution in [1.29, 1.82) is 0 Å². The van der Waals surface area contributed by atoms with Gasteiger partial charge in [0.25, 0.3) is 5.89 Å². The Balaban J connectivity index is 1.25. The first-order valence-electron chi connectivity index (χ1n) is 13.3. The minimum absolute atomic E-state index is 0.0286. The van der Waals surface area contributed by atoms with Crippen LogP contribution in [-0.2, 0) is 24.9 Å². The van der Waals surface area contributed by atoms with E-state index in [-0.39, 0.29) is 12.0 Å². The number of nitrogens with zero attached hydrogens (tertiary/aromatic N) is 3. The van der Waals surface area contributed by atoms with Crippen LogP contribution in [0.3, 0.4) is 0 Å². The highest BCUT2D eigenvalue weighted by Crippen LogP contribution is 2.54. The van der Waals surface area contributed by atoms with Gasteiger partial charge in [-0.3, -0.25) is 4.98 Å². The zero-order valence-corrected chi connectivity index (χ0v) is 21.6. The zero-order chi connectivity index (χ0) is 26.0. The van der Waals surface area contributed by atoms with E-state index in [9.17, 15) is 5.11 Å². The second-order valence-corrected chi connectivity index (χ2v) is 10.5. The van der Waals surface area contributed by atoms with E-state index in [1.807, 2.05) is 25.1 Å². The summed E-state index contributed by atoms with van der Waals surface area (Å²) in [5, 5.41) is 15.2. The average molecular weight is 506 g/mol. The van der Waals surface area contributed by atoms with E-state index >= 15 is 0 Å². The van der Waals surface area contributed by atoms with Crippen LogP contribution in [-0.4, -0.2) is 25.8 Å². The Morgan fingerprint density at radius 1 is 1.08 bits per heavy atom. The van der Waals surface area contributed by atoms with E-state index in [0.29, 0.717) is 36.2 Å². The second-order valence-electron chi connectivity index (χ2n) is 10.5. The zero-order valence-electron chi connectivity index (χ0n) is 21.6. The fourth-order valence-electron chi connectivity index (χ4n) is 6.45. The molecule has 0 aliphatic heterocycles. The molecule has 6 nitrogen and oxygen atoms in total. The van der Waals surface area contributed by atoms with E-state index in [4.69, 9.17) is 9.26 Å². The van der Waals surface area contributed by atoms with Crippen LogP contribution in [0.5, 0.6) is 5.75 Å². The molecule has 2 aromatic heterocycles. The Morgan fingerprint density at radius 3 is 2.76 bits per heavy atom. The Labute approximate surface area is 223 Å². The molecule has 1 fully saturated rings. The fraction of sp³-hybridized carbons (Fsp3) is 0.344. The van der Waals surface area contributed by atoms with Gasteiger partial charge in [-0.25, -0.2) is 0 Å². The molecular weight excluding hydrogens is 474 g/mol. The fourth-order valence-corrected chi connectivity index (χ4v) is 6.45. The monoisotopic (exact) mass is 505 g/mol. The number of hydrogen-bond donors (Lipinski definition) is 1. The largest absolute Gasteiger partial charge is 0.484 e. The van der Waals surface area contributed by atoms with Crippen molar-refractivity contribution < 1.29 is 14.4 Å². The molecule has 0 bridgehead atoms. The van der Waals surface area contributed by atoms with Gasteiger partial charge < -0.3 is 14.4 Å². The van der Waals surface area contributed by atoms with Gasteiger partial charge in [-0.2, -0.15) is 4.98 Å². The van der Waals surface area contributed by atoms with Crippen molar-refractivity contribution in [2.45, 2.75) is 63.1 Å². The Bertz CT molecular complexity index is 1470. The highest BCUT2D eigenvalue weighted by atomic mass is 16.5. The van der Waals surface area contributed by atoms with Crippen molar-refractivity contribution in [3.8, 4) is 29.1 Å². The van der Waals surface area contributed by atoms with E-state index in [2.05, 4.69) is 75.5 Å². The number of rotatable bonds is 6. The van der Waals surface area contributed by atoms with Gasteiger partial charge in [-0.1, -0.05) is 53.5 Å². The predicted molar refractivity (Wildman–Crippen MR) is 144 cm³/mol. The summed E-state index contributed by atoms with van der Waals surface area (Å²) in [7, 11) is 0. The molecule has 0 spiro atoms. The number of hydrogen-bond acceptors (Lipinski definition) is 6. The maximum absolute atomic E-state index is 11.2. The van der Waals surface area contributed by atoms with Gasteiger partial charge in [0.1, 0.15) is 17.0 Å². The third-order valence-corrected chi connectivity index (χ3v) is 8.17. The Hall–Kier alpha value is -3.95. The van der Waals surface area contributed by atoms with Crippen LogP contribution >= 0.6 is 0 Å². The first-order chi connectivity index (χ1) is 18.6. The molecule has 6 heteroatoms. The summed E-state index contributed by atoms with van der Waals surface area (Å²) >= 11 is 0. The van der Waals surface area contributed by atoms with Crippen LogP contribution in [0.15, 0.2) is 77.4 Å². The number of aliphatic hydroxyl groups is 1. The normalized spacial score (nSPS) is 24.0. The van der Waals surface area contributed by atoms with E-state index in [0.717, 1.165) is 31.4 Å². The summed E-state index contributed by atoms with van der Waals surface area (Å²) in [4.78, 5) is 8.69. The van der Waals surface area contributed by atoms with Gasteiger partial charge in [0.15, 0.2) is 6.61 Å². The molecule has 2 aromatic carbocycles. The smallest absolute Gasteiger partial charge is 0.264 e. The molecule has 0 radical (unpaired) electrons. The highest BCUT2D eigenvalue weighted by molar-refractivity contribution is 5.47. The standard InChI is InChI=1S/C32H31N3O3/c1-2-15-31(36)16-17-32(20-23-8-4-3-5-9-23)25(21-31)12-11-24-19-26(13-14-27(24)32)37-22-29-34-30(35-38-29)28-10-6-7-18-33-28/h3-10,13-14,18-19,25,36H,11-12,16-17,20-22H2,1H3/t25-,31-,32+/m1/s1. The van der Waals surface area contributed by atoms with E-state index < -0.39 is 5.60 Å².